The molecule has 5 rings (SSSR count). The van der Waals surface area contributed by atoms with Crippen LogP contribution >= 0.6 is 0 Å². The molecule has 1 aliphatic heterocycles. The quantitative estimate of drug-likeness (QED) is 0.559. The van der Waals surface area contributed by atoms with Crippen LogP contribution in [0.25, 0.3) is 16.9 Å². The SMILES string of the molecule is CC#CC(=O)N1CCC(c2cnn3c(C(N)=O)c(-c4ccc(OC5C=CC=CC5)cc4)[nH]c23)CC1. The molecule has 1 aromatic carbocycles. The highest BCUT2D eigenvalue weighted by molar-refractivity contribution is 5.98. The van der Waals surface area contributed by atoms with E-state index in [1.165, 1.54) is 0 Å². The number of hydrogen-bond donors (Lipinski definition) is 2. The second-order valence-electron chi connectivity index (χ2n) is 8.74. The fourth-order valence-corrected chi connectivity index (χ4v) is 4.77. The molecule has 1 aliphatic carbocycles. The Morgan fingerprint density at radius 2 is 1.94 bits per heavy atom. The van der Waals surface area contributed by atoms with Crippen molar-refractivity contribution in [3.63, 3.8) is 0 Å². The van der Waals surface area contributed by atoms with E-state index < -0.39 is 5.91 Å². The van der Waals surface area contributed by atoms with Crippen molar-refractivity contribution < 1.29 is 14.3 Å². The number of nitrogens with zero attached hydrogens (tertiary/aromatic N) is 3. The Kier molecular flexibility index (Phi) is 6.15. The van der Waals surface area contributed by atoms with Crippen molar-refractivity contribution in [2.75, 3.05) is 13.1 Å². The van der Waals surface area contributed by atoms with Crippen LogP contribution < -0.4 is 10.5 Å². The Labute approximate surface area is 203 Å². The molecule has 2 amide bonds. The van der Waals surface area contributed by atoms with Crippen LogP contribution in [0.15, 0.2) is 54.8 Å². The number of primary amides is 1. The van der Waals surface area contributed by atoms with Crippen molar-refractivity contribution in [1.82, 2.24) is 19.5 Å². The lowest BCUT2D eigenvalue weighted by Gasteiger charge is -2.30. The number of piperidine rings is 1. The monoisotopic (exact) mass is 469 g/mol. The molecule has 8 heteroatoms. The predicted octanol–water partition coefficient (Wildman–Crippen LogP) is 3.42. The zero-order chi connectivity index (χ0) is 24.4. The number of ether oxygens (including phenoxy) is 1. The average molecular weight is 470 g/mol. The summed E-state index contributed by atoms with van der Waals surface area (Å²) in [5.74, 6) is 5.56. The van der Waals surface area contributed by atoms with Crippen LogP contribution in [0.3, 0.4) is 0 Å². The molecule has 178 valence electrons. The lowest BCUT2D eigenvalue weighted by atomic mass is 9.91. The topological polar surface area (TPSA) is 106 Å². The van der Waals surface area contributed by atoms with Crippen LogP contribution in [0.1, 0.15) is 48.2 Å². The third kappa shape index (κ3) is 4.45. The molecule has 0 bridgehead atoms. The second kappa shape index (κ2) is 9.55. The van der Waals surface area contributed by atoms with Gasteiger partial charge >= 0.3 is 0 Å². The van der Waals surface area contributed by atoms with E-state index in [2.05, 4.69) is 28.0 Å². The van der Waals surface area contributed by atoms with Crippen molar-refractivity contribution in [3.8, 4) is 28.8 Å². The maximum absolute atomic E-state index is 12.4. The molecular weight excluding hydrogens is 442 g/mol. The van der Waals surface area contributed by atoms with Crippen molar-refractivity contribution in [1.29, 1.82) is 0 Å². The number of fused-ring (bicyclic) bond motifs is 1. The van der Waals surface area contributed by atoms with Gasteiger partial charge in [-0.2, -0.15) is 5.10 Å². The summed E-state index contributed by atoms with van der Waals surface area (Å²) in [6, 6.07) is 7.60. The minimum Gasteiger partial charge on any atom is -0.486 e. The number of benzene rings is 1. The molecule has 3 heterocycles. The van der Waals surface area contributed by atoms with Gasteiger partial charge in [0, 0.05) is 30.6 Å². The smallest absolute Gasteiger partial charge is 0.298 e. The number of imidazole rings is 1. The van der Waals surface area contributed by atoms with Gasteiger partial charge in [0.15, 0.2) is 5.69 Å². The minimum atomic E-state index is -0.557. The highest BCUT2D eigenvalue weighted by Gasteiger charge is 2.28. The largest absolute Gasteiger partial charge is 0.486 e. The first-order valence-corrected chi connectivity index (χ1v) is 11.8. The number of aromatic amines is 1. The number of carbonyl (C=O) groups excluding carboxylic acids is 2. The zero-order valence-electron chi connectivity index (χ0n) is 19.5. The molecule has 0 spiro atoms. The van der Waals surface area contributed by atoms with Crippen molar-refractivity contribution in [3.05, 3.63) is 66.0 Å². The molecule has 1 atom stereocenters. The van der Waals surface area contributed by atoms with E-state index in [4.69, 9.17) is 10.5 Å². The van der Waals surface area contributed by atoms with E-state index in [0.29, 0.717) is 24.5 Å². The van der Waals surface area contributed by atoms with E-state index in [1.807, 2.05) is 42.5 Å². The minimum absolute atomic E-state index is 0.0131. The molecule has 3 N–H and O–H groups in total. The molecule has 0 saturated carbocycles. The third-order valence-electron chi connectivity index (χ3n) is 6.55. The average Bonchev–Trinajstić information content (AvgIpc) is 3.45. The lowest BCUT2D eigenvalue weighted by molar-refractivity contribution is -0.126. The number of nitrogens with one attached hydrogen (secondary N) is 1. The fraction of sp³-hybridized carbons (Fsp3) is 0.296. The Hall–Kier alpha value is -4.25. The van der Waals surface area contributed by atoms with Crippen LogP contribution in [0, 0.1) is 11.8 Å². The van der Waals surface area contributed by atoms with Crippen molar-refractivity contribution in [2.24, 2.45) is 5.73 Å². The van der Waals surface area contributed by atoms with Gasteiger partial charge in [0.1, 0.15) is 17.5 Å². The van der Waals surface area contributed by atoms with Gasteiger partial charge in [0.2, 0.25) is 0 Å². The van der Waals surface area contributed by atoms with Crippen LogP contribution in [0.5, 0.6) is 5.75 Å². The number of allylic oxidation sites excluding steroid dienone is 2. The number of hydrogen-bond acceptors (Lipinski definition) is 4. The highest BCUT2D eigenvalue weighted by atomic mass is 16.5. The first-order valence-electron chi connectivity index (χ1n) is 11.8. The van der Waals surface area contributed by atoms with Gasteiger partial charge < -0.3 is 20.4 Å². The standard InChI is InChI=1S/C27H27N5O3/c1-2-6-23(33)31-15-13-18(14-16-31)22-17-29-32-25(26(28)34)24(30-27(22)32)19-9-11-21(12-10-19)35-20-7-4-3-5-8-20/h3-5,7,9-12,17-18,20,30H,8,13-16H2,1H3,(H2,28,34). The van der Waals surface area contributed by atoms with Crippen LogP contribution in [-0.2, 0) is 4.79 Å². The maximum Gasteiger partial charge on any atom is 0.298 e. The van der Waals surface area contributed by atoms with Crippen LogP contribution in [0.2, 0.25) is 0 Å². The Bertz CT molecular complexity index is 1380. The third-order valence-corrected chi connectivity index (χ3v) is 6.55. The highest BCUT2D eigenvalue weighted by Crippen LogP contribution is 2.34. The summed E-state index contributed by atoms with van der Waals surface area (Å²) < 4.78 is 7.61. The normalized spacial score (nSPS) is 17.9. The number of H-pyrrole nitrogens is 1. The number of amides is 2. The molecular formula is C27H27N5O3. The Morgan fingerprint density at radius 3 is 2.60 bits per heavy atom. The summed E-state index contributed by atoms with van der Waals surface area (Å²) in [6.07, 6.45) is 12.3. The number of likely N-dealkylation sites (tertiary alicyclic amines) is 1. The first-order chi connectivity index (χ1) is 17.0. The van der Waals surface area contributed by atoms with Gasteiger partial charge in [-0.1, -0.05) is 24.1 Å². The van der Waals surface area contributed by atoms with Gasteiger partial charge in [-0.25, -0.2) is 4.52 Å². The molecule has 0 radical (unpaired) electrons. The number of nitrogens with two attached hydrogens (primary N) is 1. The maximum atomic E-state index is 12.4. The van der Waals surface area contributed by atoms with Gasteiger partial charge in [0.05, 0.1) is 11.9 Å². The fourth-order valence-electron chi connectivity index (χ4n) is 4.77. The molecule has 1 unspecified atom stereocenters. The summed E-state index contributed by atoms with van der Waals surface area (Å²) in [5, 5.41) is 4.48. The molecule has 8 nitrogen and oxygen atoms in total. The number of aromatic nitrogens is 3. The Balaban J connectivity index is 1.40. The summed E-state index contributed by atoms with van der Waals surface area (Å²) in [4.78, 5) is 29.7. The summed E-state index contributed by atoms with van der Waals surface area (Å²) in [5.41, 5.74) is 9.30. The van der Waals surface area contributed by atoms with E-state index in [-0.39, 0.29) is 17.9 Å². The number of carbonyl (C=O) groups is 2. The molecule has 35 heavy (non-hydrogen) atoms. The lowest BCUT2D eigenvalue weighted by Crippen LogP contribution is -2.37. The van der Waals surface area contributed by atoms with Gasteiger partial charge in [-0.05, 0) is 61.9 Å². The predicted molar refractivity (Wildman–Crippen MR) is 133 cm³/mol. The van der Waals surface area contributed by atoms with Gasteiger partial charge in [-0.3, -0.25) is 9.59 Å². The van der Waals surface area contributed by atoms with Gasteiger partial charge in [-0.15, -0.1) is 0 Å². The van der Waals surface area contributed by atoms with Crippen molar-refractivity contribution >= 4 is 17.5 Å². The molecule has 2 aromatic heterocycles. The molecule has 3 aromatic rings. The number of rotatable bonds is 5. The van der Waals surface area contributed by atoms with Crippen LogP contribution in [-0.4, -0.2) is 50.5 Å². The van der Waals surface area contributed by atoms with E-state index in [1.54, 1.807) is 22.5 Å². The summed E-state index contributed by atoms with van der Waals surface area (Å²) in [7, 11) is 0. The first kappa shape index (κ1) is 22.5. The second-order valence-corrected chi connectivity index (χ2v) is 8.74. The van der Waals surface area contributed by atoms with Gasteiger partial charge in [0.25, 0.3) is 11.8 Å². The molecule has 2 aliphatic rings. The molecule has 1 saturated heterocycles. The van der Waals surface area contributed by atoms with E-state index in [0.717, 1.165) is 41.8 Å². The zero-order valence-corrected chi connectivity index (χ0v) is 19.5. The van der Waals surface area contributed by atoms with Crippen LogP contribution in [0.4, 0.5) is 0 Å². The summed E-state index contributed by atoms with van der Waals surface area (Å²) >= 11 is 0. The summed E-state index contributed by atoms with van der Waals surface area (Å²) in [6.45, 7) is 2.94. The van der Waals surface area contributed by atoms with E-state index in [9.17, 15) is 9.59 Å². The van der Waals surface area contributed by atoms with Crippen molar-refractivity contribution in [2.45, 2.75) is 38.2 Å². The Morgan fingerprint density at radius 1 is 1.17 bits per heavy atom. The molecule has 1 fully saturated rings. The van der Waals surface area contributed by atoms with E-state index >= 15 is 0 Å².